The van der Waals surface area contributed by atoms with Gasteiger partial charge in [-0.25, -0.2) is 0 Å². The molecule has 27 heavy (non-hydrogen) atoms. The first-order chi connectivity index (χ1) is 13.1. The highest BCUT2D eigenvalue weighted by molar-refractivity contribution is 5.84. The number of esters is 1. The molecule has 0 heterocycles. The molecule has 5 heteroatoms. The number of carbonyl (C=O) groups excluding carboxylic acids is 2. The van der Waals surface area contributed by atoms with Crippen molar-refractivity contribution in [3.63, 3.8) is 0 Å². The van der Waals surface area contributed by atoms with Crippen molar-refractivity contribution in [3.8, 4) is 5.75 Å². The van der Waals surface area contributed by atoms with Gasteiger partial charge in [-0.15, -0.1) is 0 Å². The summed E-state index contributed by atoms with van der Waals surface area (Å²) in [6.45, 7) is 2.10. The maximum absolute atomic E-state index is 12.8. The number of carbonyl (C=O) groups is 2. The Kier molecular flexibility index (Phi) is 6.12. The van der Waals surface area contributed by atoms with Gasteiger partial charge < -0.3 is 14.8 Å². The predicted octanol–water partition coefficient (Wildman–Crippen LogP) is 3.61. The van der Waals surface area contributed by atoms with Gasteiger partial charge in [0.05, 0.1) is 26.2 Å². The summed E-state index contributed by atoms with van der Waals surface area (Å²) in [4.78, 5) is 24.7. The molecule has 1 N–H and O–H groups in total. The highest BCUT2D eigenvalue weighted by atomic mass is 16.5. The molecule has 2 aromatic rings. The molecule has 5 nitrogen and oxygen atoms in total. The largest absolute Gasteiger partial charge is 0.497 e. The number of methoxy groups -OCH3 is 1. The second-order valence-corrected chi connectivity index (χ2v) is 6.71. The fraction of sp³-hybridized carbons (Fsp3) is 0.364. The van der Waals surface area contributed by atoms with Crippen LogP contribution >= 0.6 is 0 Å². The number of nitrogens with one attached hydrogen (secondary N) is 1. The molecule has 0 aliphatic heterocycles. The van der Waals surface area contributed by atoms with E-state index in [1.54, 1.807) is 14.0 Å². The fourth-order valence-corrected chi connectivity index (χ4v) is 3.33. The van der Waals surface area contributed by atoms with Gasteiger partial charge in [-0.1, -0.05) is 42.5 Å². The lowest BCUT2D eigenvalue weighted by Gasteiger charge is -2.18. The molecular formula is C22H25NO4. The van der Waals surface area contributed by atoms with Gasteiger partial charge in [0, 0.05) is 5.92 Å². The lowest BCUT2D eigenvalue weighted by molar-refractivity contribution is -0.143. The van der Waals surface area contributed by atoms with E-state index in [1.165, 1.54) is 0 Å². The molecule has 0 bridgehead atoms. The topological polar surface area (TPSA) is 64.6 Å². The summed E-state index contributed by atoms with van der Waals surface area (Å²) in [6.07, 6.45) is 0.931. The molecule has 1 aliphatic rings. The summed E-state index contributed by atoms with van der Waals surface area (Å²) in [7, 11) is 1.63. The second kappa shape index (κ2) is 8.71. The maximum atomic E-state index is 12.8. The van der Waals surface area contributed by atoms with Crippen LogP contribution in [0.4, 0.5) is 0 Å². The summed E-state index contributed by atoms with van der Waals surface area (Å²) >= 11 is 0. The molecule has 1 aliphatic carbocycles. The molecule has 1 saturated carbocycles. The fourth-order valence-electron chi connectivity index (χ4n) is 3.33. The van der Waals surface area contributed by atoms with Crippen LogP contribution in [0.1, 0.15) is 42.9 Å². The summed E-state index contributed by atoms with van der Waals surface area (Å²) < 4.78 is 10.3. The van der Waals surface area contributed by atoms with E-state index in [0.717, 1.165) is 23.3 Å². The first kappa shape index (κ1) is 19.0. The van der Waals surface area contributed by atoms with Crippen LogP contribution in [-0.4, -0.2) is 25.6 Å². The Morgan fingerprint density at radius 2 is 1.93 bits per heavy atom. The zero-order valence-corrected chi connectivity index (χ0v) is 15.7. The van der Waals surface area contributed by atoms with Gasteiger partial charge in [0.2, 0.25) is 5.91 Å². The quantitative estimate of drug-likeness (QED) is 0.724. The van der Waals surface area contributed by atoms with Crippen molar-refractivity contribution >= 4 is 11.9 Å². The smallest absolute Gasteiger partial charge is 0.308 e. The summed E-state index contributed by atoms with van der Waals surface area (Å²) in [6, 6.07) is 17.0. The Bertz CT molecular complexity index is 790. The van der Waals surface area contributed by atoms with Crippen LogP contribution in [0.15, 0.2) is 54.6 Å². The third kappa shape index (κ3) is 4.88. The summed E-state index contributed by atoms with van der Waals surface area (Å²) in [5.74, 6) is 0.570. The number of hydrogen-bond donors (Lipinski definition) is 1. The highest BCUT2D eigenvalue weighted by Gasteiger charge is 2.44. The molecule has 3 rings (SSSR count). The monoisotopic (exact) mass is 367 g/mol. The van der Waals surface area contributed by atoms with Crippen LogP contribution in [0.3, 0.4) is 0 Å². The highest BCUT2D eigenvalue weighted by Crippen LogP contribution is 2.48. The zero-order valence-electron chi connectivity index (χ0n) is 15.7. The van der Waals surface area contributed by atoms with E-state index in [4.69, 9.17) is 9.47 Å². The van der Waals surface area contributed by atoms with Crippen molar-refractivity contribution in [1.29, 1.82) is 0 Å². The van der Waals surface area contributed by atoms with Crippen LogP contribution in [0, 0.1) is 5.92 Å². The normalized spacial score (nSPS) is 19.0. The molecule has 0 saturated heterocycles. The minimum atomic E-state index is -0.385. The molecule has 0 spiro atoms. The third-order valence-electron chi connectivity index (χ3n) is 4.84. The van der Waals surface area contributed by atoms with Crippen molar-refractivity contribution in [2.45, 2.75) is 31.7 Å². The van der Waals surface area contributed by atoms with Crippen LogP contribution in [0.25, 0.3) is 0 Å². The molecule has 1 amide bonds. The average Bonchev–Trinajstić information content (AvgIpc) is 3.49. The molecule has 3 atom stereocenters. The number of rotatable bonds is 8. The number of benzene rings is 2. The van der Waals surface area contributed by atoms with E-state index < -0.39 is 0 Å². The van der Waals surface area contributed by atoms with E-state index in [0.29, 0.717) is 6.61 Å². The van der Waals surface area contributed by atoms with E-state index >= 15 is 0 Å². The van der Waals surface area contributed by atoms with Gasteiger partial charge in [-0.05, 0) is 42.5 Å². The Morgan fingerprint density at radius 3 is 2.63 bits per heavy atom. The van der Waals surface area contributed by atoms with Crippen molar-refractivity contribution in [1.82, 2.24) is 5.32 Å². The minimum absolute atomic E-state index is 0.0269. The van der Waals surface area contributed by atoms with Crippen LogP contribution in [0.2, 0.25) is 0 Å². The Morgan fingerprint density at radius 1 is 1.15 bits per heavy atom. The molecular weight excluding hydrogens is 342 g/mol. The first-order valence-electron chi connectivity index (χ1n) is 9.27. The second-order valence-electron chi connectivity index (χ2n) is 6.71. The summed E-state index contributed by atoms with van der Waals surface area (Å²) in [5.41, 5.74) is 2.01. The molecule has 3 unspecified atom stereocenters. The van der Waals surface area contributed by atoms with Gasteiger partial charge >= 0.3 is 5.97 Å². The van der Waals surface area contributed by atoms with E-state index in [1.807, 2.05) is 54.6 Å². The Labute approximate surface area is 159 Å². The average molecular weight is 367 g/mol. The molecule has 1 fully saturated rings. The molecule has 2 aromatic carbocycles. The van der Waals surface area contributed by atoms with Gasteiger partial charge in [-0.2, -0.15) is 0 Å². The van der Waals surface area contributed by atoms with Gasteiger partial charge in [0.15, 0.2) is 0 Å². The van der Waals surface area contributed by atoms with Crippen molar-refractivity contribution in [2.24, 2.45) is 5.92 Å². The van der Waals surface area contributed by atoms with E-state index in [9.17, 15) is 9.59 Å². The lowest BCUT2D eigenvalue weighted by Crippen LogP contribution is -2.32. The Balaban J connectivity index is 1.67. The van der Waals surface area contributed by atoms with Crippen molar-refractivity contribution in [3.05, 3.63) is 65.7 Å². The number of ether oxygens (including phenoxy) is 2. The molecule has 0 radical (unpaired) electrons. The van der Waals surface area contributed by atoms with Crippen LogP contribution in [0.5, 0.6) is 5.75 Å². The predicted molar refractivity (Wildman–Crippen MR) is 102 cm³/mol. The standard InChI is InChI=1S/C22H25NO4/c1-3-27-21(24)14-20(15-8-5-4-6-9-15)23-22(25)19-13-18(19)16-10-7-11-17(12-16)26-2/h4-12,18-20H,3,13-14H2,1-2H3,(H,23,25). The van der Waals surface area contributed by atoms with Gasteiger partial charge in [-0.3, -0.25) is 9.59 Å². The number of amides is 1. The van der Waals surface area contributed by atoms with E-state index in [-0.39, 0.29) is 36.2 Å². The minimum Gasteiger partial charge on any atom is -0.497 e. The Hall–Kier alpha value is -2.82. The summed E-state index contributed by atoms with van der Waals surface area (Å²) in [5, 5.41) is 3.04. The first-order valence-corrected chi connectivity index (χ1v) is 9.27. The van der Waals surface area contributed by atoms with Crippen molar-refractivity contribution < 1.29 is 19.1 Å². The number of hydrogen-bond acceptors (Lipinski definition) is 4. The van der Waals surface area contributed by atoms with E-state index in [2.05, 4.69) is 5.32 Å². The maximum Gasteiger partial charge on any atom is 0.308 e. The van der Waals surface area contributed by atoms with Gasteiger partial charge in [0.1, 0.15) is 5.75 Å². The molecule has 142 valence electrons. The van der Waals surface area contributed by atoms with Crippen molar-refractivity contribution in [2.75, 3.05) is 13.7 Å². The third-order valence-corrected chi connectivity index (χ3v) is 4.84. The van der Waals surface area contributed by atoms with Crippen LogP contribution < -0.4 is 10.1 Å². The zero-order chi connectivity index (χ0) is 19.2. The lowest BCUT2D eigenvalue weighted by atomic mass is 10.0. The SMILES string of the molecule is CCOC(=O)CC(NC(=O)C1CC1c1cccc(OC)c1)c1ccccc1. The van der Waals surface area contributed by atoms with Crippen LogP contribution in [-0.2, 0) is 14.3 Å². The van der Waals surface area contributed by atoms with Gasteiger partial charge in [0.25, 0.3) is 0 Å². The molecule has 0 aromatic heterocycles.